The summed E-state index contributed by atoms with van der Waals surface area (Å²) >= 11 is 0. The first-order valence-electron chi connectivity index (χ1n) is 8.23. The molecule has 0 aliphatic rings. The van der Waals surface area contributed by atoms with Crippen LogP contribution in [0.3, 0.4) is 0 Å². The molecule has 0 N–H and O–H groups in total. The van der Waals surface area contributed by atoms with E-state index < -0.39 is 0 Å². The molecule has 0 rings (SSSR count). The summed E-state index contributed by atoms with van der Waals surface area (Å²) in [5.41, 5.74) is -0.295. The molecule has 0 fully saturated rings. The van der Waals surface area contributed by atoms with Gasteiger partial charge in [0, 0.05) is 6.42 Å². The number of esters is 1. The Kier molecular flexibility index (Phi) is 11.0. The molecule has 0 atom stereocenters. The summed E-state index contributed by atoms with van der Waals surface area (Å²) in [4.78, 5) is 11.6. The maximum absolute atomic E-state index is 11.6. The number of ether oxygens (including phenoxy) is 1. The zero-order valence-electron chi connectivity index (χ0n) is 13.6. The van der Waals surface area contributed by atoms with Gasteiger partial charge in [0.1, 0.15) is 5.60 Å². The lowest BCUT2D eigenvalue weighted by Crippen LogP contribution is -2.26. The fourth-order valence-electron chi connectivity index (χ4n) is 2.01. The summed E-state index contributed by atoms with van der Waals surface area (Å²) in [7, 11) is 0. The van der Waals surface area contributed by atoms with Crippen molar-refractivity contribution in [3.05, 3.63) is 0 Å². The number of carbonyl (C=O) groups excluding carboxylic acids is 1. The van der Waals surface area contributed by atoms with Gasteiger partial charge in [0.15, 0.2) is 0 Å². The van der Waals surface area contributed by atoms with E-state index in [1.54, 1.807) is 0 Å². The molecule has 0 radical (unpaired) electrons. The first-order valence-corrected chi connectivity index (χ1v) is 8.23. The maximum Gasteiger partial charge on any atom is 0.306 e. The Morgan fingerprint density at radius 3 is 1.79 bits per heavy atom. The maximum atomic E-state index is 11.6. The zero-order valence-corrected chi connectivity index (χ0v) is 13.6. The van der Waals surface area contributed by atoms with Crippen molar-refractivity contribution in [1.29, 1.82) is 0 Å². The van der Waals surface area contributed by atoms with E-state index in [2.05, 4.69) is 6.92 Å². The van der Waals surface area contributed by atoms with E-state index in [0.717, 1.165) is 19.3 Å². The van der Waals surface area contributed by atoms with Crippen LogP contribution in [-0.2, 0) is 9.53 Å². The number of rotatable bonds is 12. The topological polar surface area (TPSA) is 26.3 Å². The number of unbranched alkanes of at least 4 members (excludes halogenated alkanes) is 8. The standard InChI is InChI=1S/C17H34O2/c1-5-7-8-9-10-11-12-13-14-15-16(18)19-17(3,4)6-2/h5-15H2,1-4H3. The molecule has 0 amide bonds. The molecule has 2 nitrogen and oxygen atoms in total. The lowest BCUT2D eigenvalue weighted by Gasteiger charge is -2.23. The van der Waals surface area contributed by atoms with Gasteiger partial charge in [-0.2, -0.15) is 0 Å². The Hall–Kier alpha value is -0.530. The van der Waals surface area contributed by atoms with Crippen LogP contribution in [0.25, 0.3) is 0 Å². The average Bonchev–Trinajstić information content (AvgIpc) is 2.36. The minimum Gasteiger partial charge on any atom is -0.460 e. The molecule has 0 aromatic heterocycles. The van der Waals surface area contributed by atoms with Crippen LogP contribution in [-0.4, -0.2) is 11.6 Å². The highest BCUT2D eigenvalue weighted by Crippen LogP contribution is 2.16. The van der Waals surface area contributed by atoms with Crippen LogP contribution in [0, 0.1) is 0 Å². The Labute approximate surface area is 120 Å². The van der Waals surface area contributed by atoms with Crippen LogP contribution in [0.2, 0.25) is 0 Å². The van der Waals surface area contributed by atoms with E-state index in [-0.39, 0.29) is 11.6 Å². The van der Waals surface area contributed by atoms with Crippen LogP contribution in [0.15, 0.2) is 0 Å². The molecule has 0 saturated heterocycles. The second kappa shape index (κ2) is 11.3. The molecule has 0 spiro atoms. The molecule has 0 heterocycles. The first-order chi connectivity index (χ1) is 9.02. The molecular formula is C17H34O2. The summed E-state index contributed by atoms with van der Waals surface area (Å²) < 4.78 is 5.42. The third-order valence-electron chi connectivity index (χ3n) is 3.73. The molecule has 0 aliphatic heterocycles. The smallest absolute Gasteiger partial charge is 0.306 e. The van der Waals surface area contributed by atoms with E-state index in [4.69, 9.17) is 4.74 Å². The largest absolute Gasteiger partial charge is 0.460 e. The number of carbonyl (C=O) groups is 1. The van der Waals surface area contributed by atoms with Gasteiger partial charge in [-0.25, -0.2) is 0 Å². The Bertz CT molecular complexity index is 221. The van der Waals surface area contributed by atoms with Gasteiger partial charge in [-0.1, -0.05) is 65.2 Å². The summed E-state index contributed by atoms with van der Waals surface area (Å²) in [5.74, 6) is -0.0326. The fourth-order valence-corrected chi connectivity index (χ4v) is 2.01. The number of hydrogen-bond acceptors (Lipinski definition) is 2. The van der Waals surface area contributed by atoms with Gasteiger partial charge in [0.25, 0.3) is 0 Å². The average molecular weight is 270 g/mol. The molecule has 19 heavy (non-hydrogen) atoms. The van der Waals surface area contributed by atoms with Crippen LogP contribution >= 0.6 is 0 Å². The highest BCUT2D eigenvalue weighted by molar-refractivity contribution is 5.69. The molecular weight excluding hydrogens is 236 g/mol. The van der Waals surface area contributed by atoms with Crippen molar-refractivity contribution >= 4 is 5.97 Å². The molecule has 0 unspecified atom stereocenters. The Balaban J connectivity index is 3.32. The molecule has 0 aromatic carbocycles. The van der Waals surface area contributed by atoms with E-state index in [1.807, 2.05) is 20.8 Å². The predicted octanol–water partition coefficient (Wildman–Crippen LogP) is 5.64. The van der Waals surface area contributed by atoms with Gasteiger partial charge in [-0.15, -0.1) is 0 Å². The van der Waals surface area contributed by atoms with Gasteiger partial charge in [-0.3, -0.25) is 4.79 Å². The lowest BCUT2D eigenvalue weighted by atomic mass is 10.1. The summed E-state index contributed by atoms with van der Waals surface area (Å²) in [6, 6.07) is 0. The second-order valence-electron chi connectivity index (χ2n) is 6.17. The first kappa shape index (κ1) is 18.5. The fraction of sp³-hybridized carbons (Fsp3) is 0.941. The molecule has 0 aromatic rings. The van der Waals surface area contributed by atoms with Crippen LogP contribution < -0.4 is 0 Å². The molecule has 114 valence electrons. The zero-order chi connectivity index (χ0) is 14.6. The quantitative estimate of drug-likeness (QED) is 0.339. The highest BCUT2D eigenvalue weighted by Gasteiger charge is 2.19. The van der Waals surface area contributed by atoms with Gasteiger partial charge < -0.3 is 4.74 Å². The monoisotopic (exact) mass is 270 g/mol. The van der Waals surface area contributed by atoms with Crippen molar-refractivity contribution in [2.45, 2.75) is 104 Å². The van der Waals surface area contributed by atoms with E-state index >= 15 is 0 Å². The Morgan fingerprint density at radius 1 is 0.842 bits per heavy atom. The SMILES string of the molecule is CCCCCCCCCCCC(=O)OC(C)(C)CC. The number of hydrogen-bond donors (Lipinski definition) is 0. The van der Waals surface area contributed by atoms with Crippen LogP contribution in [0.4, 0.5) is 0 Å². The van der Waals surface area contributed by atoms with Crippen molar-refractivity contribution in [3.63, 3.8) is 0 Å². The third-order valence-corrected chi connectivity index (χ3v) is 3.73. The van der Waals surface area contributed by atoms with Gasteiger partial charge in [0.05, 0.1) is 0 Å². The van der Waals surface area contributed by atoms with Crippen molar-refractivity contribution in [2.24, 2.45) is 0 Å². The van der Waals surface area contributed by atoms with Crippen molar-refractivity contribution < 1.29 is 9.53 Å². The van der Waals surface area contributed by atoms with E-state index in [0.29, 0.717) is 6.42 Å². The summed E-state index contributed by atoms with van der Waals surface area (Å²) in [5, 5.41) is 0. The lowest BCUT2D eigenvalue weighted by molar-refractivity contribution is -0.156. The van der Waals surface area contributed by atoms with Gasteiger partial charge in [0.2, 0.25) is 0 Å². The summed E-state index contributed by atoms with van der Waals surface area (Å²) in [6.07, 6.45) is 13.0. The van der Waals surface area contributed by atoms with Gasteiger partial charge in [-0.05, 0) is 26.7 Å². The third kappa shape index (κ3) is 12.3. The Morgan fingerprint density at radius 2 is 1.32 bits per heavy atom. The van der Waals surface area contributed by atoms with E-state index in [1.165, 1.54) is 44.9 Å². The molecule has 0 bridgehead atoms. The van der Waals surface area contributed by atoms with E-state index in [9.17, 15) is 4.79 Å². The van der Waals surface area contributed by atoms with Crippen LogP contribution in [0.5, 0.6) is 0 Å². The molecule has 2 heteroatoms. The highest BCUT2D eigenvalue weighted by atomic mass is 16.6. The van der Waals surface area contributed by atoms with Crippen molar-refractivity contribution in [2.75, 3.05) is 0 Å². The van der Waals surface area contributed by atoms with Crippen molar-refractivity contribution in [3.8, 4) is 0 Å². The summed E-state index contributed by atoms with van der Waals surface area (Å²) in [6.45, 7) is 8.24. The minimum absolute atomic E-state index is 0.0326. The predicted molar refractivity (Wildman–Crippen MR) is 82.3 cm³/mol. The second-order valence-corrected chi connectivity index (χ2v) is 6.17. The van der Waals surface area contributed by atoms with Crippen LogP contribution in [0.1, 0.15) is 98.3 Å². The molecule has 0 aliphatic carbocycles. The van der Waals surface area contributed by atoms with Gasteiger partial charge >= 0.3 is 5.97 Å². The normalized spacial score (nSPS) is 11.6. The van der Waals surface area contributed by atoms with Crippen molar-refractivity contribution in [1.82, 2.24) is 0 Å². The molecule has 0 saturated carbocycles. The minimum atomic E-state index is -0.295.